The Bertz CT molecular complexity index is 586. The Hall–Kier alpha value is -2.64. The van der Waals surface area contributed by atoms with Crippen LogP contribution in [0.25, 0.3) is 0 Å². The van der Waals surface area contributed by atoms with Crippen molar-refractivity contribution in [3.63, 3.8) is 0 Å². The lowest BCUT2D eigenvalue weighted by Crippen LogP contribution is -2.40. The van der Waals surface area contributed by atoms with Crippen LogP contribution in [-0.2, 0) is 4.79 Å². The number of anilines is 1. The lowest BCUT2D eigenvalue weighted by atomic mass is 10.1. The van der Waals surface area contributed by atoms with E-state index in [-0.39, 0.29) is 16.9 Å². The highest BCUT2D eigenvalue weighted by Crippen LogP contribution is 2.25. The monoisotopic (exact) mass is 279 g/mol. The van der Waals surface area contributed by atoms with E-state index in [2.05, 4.69) is 0 Å². The average molecular weight is 279 g/mol. The summed E-state index contributed by atoms with van der Waals surface area (Å²) in [6.45, 7) is 0.304. The van der Waals surface area contributed by atoms with Gasteiger partial charge in [0.1, 0.15) is 6.04 Å². The largest absolute Gasteiger partial charge is 0.480 e. The number of nitrogens with zero attached hydrogens (tertiary/aromatic N) is 2. The van der Waals surface area contributed by atoms with Crippen molar-refractivity contribution in [2.24, 2.45) is 0 Å². The normalized spacial score (nSPS) is 18.0. The number of benzene rings is 1. The third-order valence-electron chi connectivity index (χ3n) is 3.28. The third-order valence-corrected chi connectivity index (χ3v) is 3.28. The maximum absolute atomic E-state index is 12.3. The average Bonchev–Trinajstić information content (AvgIpc) is 2.87. The molecule has 8 heteroatoms. The van der Waals surface area contributed by atoms with Gasteiger partial charge in [-0.15, -0.1) is 0 Å². The maximum atomic E-state index is 12.3. The lowest BCUT2D eigenvalue weighted by Gasteiger charge is -2.22. The number of carbonyl (C=O) groups is 2. The second kappa shape index (κ2) is 5.16. The number of nitrogens with two attached hydrogens (primary N) is 1. The predicted molar refractivity (Wildman–Crippen MR) is 69.2 cm³/mol. The van der Waals surface area contributed by atoms with Crippen molar-refractivity contribution in [3.8, 4) is 0 Å². The molecule has 0 radical (unpaired) electrons. The van der Waals surface area contributed by atoms with Crippen LogP contribution < -0.4 is 5.73 Å². The van der Waals surface area contributed by atoms with Gasteiger partial charge in [-0.25, -0.2) is 4.79 Å². The second-order valence-electron chi connectivity index (χ2n) is 4.52. The van der Waals surface area contributed by atoms with Gasteiger partial charge < -0.3 is 15.7 Å². The molecule has 1 heterocycles. The maximum Gasteiger partial charge on any atom is 0.326 e. The van der Waals surface area contributed by atoms with Gasteiger partial charge in [-0.05, 0) is 18.9 Å². The van der Waals surface area contributed by atoms with Crippen molar-refractivity contribution in [1.29, 1.82) is 0 Å². The molecule has 0 unspecified atom stereocenters. The highest BCUT2D eigenvalue weighted by atomic mass is 16.6. The number of aliphatic carboxylic acids is 1. The first kappa shape index (κ1) is 13.8. The van der Waals surface area contributed by atoms with Crippen molar-refractivity contribution >= 4 is 23.3 Å². The number of carbonyl (C=O) groups excluding carboxylic acids is 1. The molecule has 2 rings (SSSR count). The first-order valence-corrected chi connectivity index (χ1v) is 5.99. The summed E-state index contributed by atoms with van der Waals surface area (Å²) in [5, 5.41) is 19.8. The zero-order chi connectivity index (χ0) is 14.9. The quantitative estimate of drug-likeness (QED) is 0.480. The van der Waals surface area contributed by atoms with E-state index < -0.39 is 22.8 Å². The van der Waals surface area contributed by atoms with Crippen LogP contribution in [0.1, 0.15) is 23.2 Å². The van der Waals surface area contributed by atoms with Crippen LogP contribution in [0, 0.1) is 10.1 Å². The van der Waals surface area contributed by atoms with E-state index in [4.69, 9.17) is 10.8 Å². The summed E-state index contributed by atoms with van der Waals surface area (Å²) in [6.07, 6.45) is 0.952. The van der Waals surface area contributed by atoms with Crippen molar-refractivity contribution in [2.45, 2.75) is 18.9 Å². The van der Waals surface area contributed by atoms with Gasteiger partial charge in [0.2, 0.25) is 0 Å². The van der Waals surface area contributed by atoms with Crippen molar-refractivity contribution < 1.29 is 19.6 Å². The van der Waals surface area contributed by atoms with Crippen LogP contribution >= 0.6 is 0 Å². The molecular formula is C12H13N3O5. The predicted octanol–water partition coefficient (Wildman–Crippen LogP) is 0.866. The van der Waals surface area contributed by atoms with E-state index in [1.165, 1.54) is 17.0 Å². The highest BCUT2D eigenvalue weighted by Gasteiger charge is 2.35. The summed E-state index contributed by atoms with van der Waals surface area (Å²) in [4.78, 5) is 34.7. The Morgan fingerprint density at radius 1 is 1.45 bits per heavy atom. The Kier molecular flexibility index (Phi) is 3.55. The Balaban J connectivity index is 2.35. The van der Waals surface area contributed by atoms with E-state index in [0.717, 1.165) is 6.07 Å². The molecule has 106 valence electrons. The zero-order valence-electron chi connectivity index (χ0n) is 10.5. The van der Waals surface area contributed by atoms with Gasteiger partial charge in [0.25, 0.3) is 11.6 Å². The molecule has 1 fully saturated rings. The summed E-state index contributed by atoms with van der Waals surface area (Å²) >= 11 is 0. The fourth-order valence-corrected chi connectivity index (χ4v) is 2.26. The Morgan fingerprint density at radius 3 is 2.75 bits per heavy atom. The molecule has 0 spiro atoms. The van der Waals surface area contributed by atoms with Crippen LogP contribution in [-0.4, -0.2) is 39.4 Å². The molecule has 0 bridgehead atoms. The molecule has 1 atom stereocenters. The van der Waals surface area contributed by atoms with Crippen LogP contribution in [0.5, 0.6) is 0 Å². The first-order valence-electron chi connectivity index (χ1n) is 5.99. The fourth-order valence-electron chi connectivity index (χ4n) is 2.26. The highest BCUT2D eigenvalue weighted by molar-refractivity contribution is 6.01. The molecule has 3 N–H and O–H groups in total. The summed E-state index contributed by atoms with van der Waals surface area (Å²) in [5.74, 6) is -1.67. The van der Waals surface area contributed by atoms with Gasteiger partial charge in [0, 0.05) is 24.4 Å². The summed E-state index contributed by atoms with van der Waals surface area (Å²) in [6, 6.07) is 2.65. The molecule has 8 nitrogen and oxygen atoms in total. The van der Waals surface area contributed by atoms with Gasteiger partial charge >= 0.3 is 5.97 Å². The number of hydrogen-bond donors (Lipinski definition) is 2. The summed E-state index contributed by atoms with van der Waals surface area (Å²) in [5.41, 5.74) is 5.47. The van der Waals surface area contributed by atoms with Crippen molar-refractivity contribution in [3.05, 3.63) is 33.9 Å². The topological polar surface area (TPSA) is 127 Å². The number of nitro benzene ring substituents is 1. The molecule has 1 aromatic rings. The SMILES string of the molecule is Nc1ccc([N+](=O)[O-])cc1C(=O)N1CCC[C@H]1C(=O)O. The van der Waals surface area contributed by atoms with Gasteiger partial charge in [0.05, 0.1) is 10.5 Å². The lowest BCUT2D eigenvalue weighted by molar-refractivity contribution is -0.384. The number of nitrogen functional groups attached to an aromatic ring is 1. The second-order valence-corrected chi connectivity index (χ2v) is 4.52. The molecule has 1 aliphatic heterocycles. The fraction of sp³-hybridized carbons (Fsp3) is 0.333. The first-order chi connectivity index (χ1) is 9.41. The van der Waals surface area contributed by atoms with Gasteiger partial charge in [0.15, 0.2) is 0 Å². The molecule has 0 aliphatic carbocycles. The van der Waals surface area contributed by atoms with Crippen molar-refractivity contribution in [2.75, 3.05) is 12.3 Å². The van der Waals surface area contributed by atoms with Crippen LogP contribution in [0.15, 0.2) is 18.2 Å². The zero-order valence-corrected chi connectivity index (χ0v) is 10.5. The molecule has 20 heavy (non-hydrogen) atoms. The number of nitro groups is 1. The van der Waals surface area contributed by atoms with E-state index >= 15 is 0 Å². The van der Waals surface area contributed by atoms with Crippen LogP contribution in [0.2, 0.25) is 0 Å². The minimum absolute atomic E-state index is 0.0349. The van der Waals surface area contributed by atoms with E-state index in [0.29, 0.717) is 19.4 Å². The van der Waals surface area contributed by atoms with Crippen molar-refractivity contribution in [1.82, 2.24) is 4.90 Å². The van der Waals surface area contributed by atoms with Gasteiger partial charge in [-0.2, -0.15) is 0 Å². The number of hydrogen-bond acceptors (Lipinski definition) is 5. The summed E-state index contributed by atoms with van der Waals surface area (Å²) < 4.78 is 0. The molecule has 0 saturated carbocycles. The molecule has 1 saturated heterocycles. The van der Waals surface area contributed by atoms with E-state index in [9.17, 15) is 19.7 Å². The number of likely N-dealkylation sites (tertiary alicyclic amines) is 1. The number of amides is 1. The molecule has 0 aromatic heterocycles. The number of carboxylic acids is 1. The minimum Gasteiger partial charge on any atom is -0.480 e. The Labute approximate surface area is 113 Å². The molecule has 1 aromatic carbocycles. The number of non-ortho nitro benzene ring substituents is 1. The number of rotatable bonds is 3. The molecule has 1 aliphatic rings. The Morgan fingerprint density at radius 2 is 2.15 bits per heavy atom. The smallest absolute Gasteiger partial charge is 0.326 e. The van der Waals surface area contributed by atoms with Crippen LogP contribution in [0.3, 0.4) is 0 Å². The van der Waals surface area contributed by atoms with E-state index in [1.54, 1.807) is 0 Å². The van der Waals surface area contributed by atoms with E-state index in [1.807, 2.05) is 0 Å². The van der Waals surface area contributed by atoms with Gasteiger partial charge in [-0.3, -0.25) is 14.9 Å². The summed E-state index contributed by atoms with van der Waals surface area (Å²) in [7, 11) is 0. The third kappa shape index (κ3) is 2.40. The minimum atomic E-state index is -1.08. The molecule has 1 amide bonds. The standard InChI is InChI=1S/C12H13N3O5/c13-9-4-3-7(15(19)20)6-8(9)11(16)14-5-1-2-10(14)12(17)18/h3-4,6,10H,1-2,5,13H2,(H,17,18)/t10-/m0/s1. The van der Waals surface area contributed by atoms with Crippen LogP contribution in [0.4, 0.5) is 11.4 Å². The molecular weight excluding hydrogens is 266 g/mol. The number of carboxylic acid groups (broad SMARTS) is 1. The van der Waals surface area contributed by atoms with Gasteiger partial charge in [-0.1, -0.05) is 0 Å².